The van der Waals surface area contributed by atoms with E-state index in [0.29, 0.717) is 28.4 Å². The normalized spacial score (nSPS) is 9.80. The molecule has 0 bridgehead atoms. The minimum absolute atomic E-state index is 0.0961. The molecule has 1 N–H and O–H groups in total. The quantitative estimate of drug-likeness (QED) is 0.780. The molecule has 0 aliphatic heterocycles. The minimum Gasteiger partial charge on any atom is -0.493 e. The number of carbonyl (C=O) groups excluding carboxylic acids is 1. The zero-order valence-electron chi connectivity index (χ0n) is 8.20. The van der Waals surface area contributed by atoms with Crippen molar-refractivity contribution in [3.63, 3.8) is 0 Å². The lowest BCUT2D eigenvalue weighted by atomic mass is 10.2. The molecule has 0 aliphatic rings. The van der Waals surface area contributed by atoms with Gasteiger partial charge in [-0.15, -0.1) is 0 Å². The number of benzene rings is 1. The SMILES string of the molecule is COc1cc(Cl)cc(C=O)c1OCCO. The van der Waals surface area contributed by atoms with Crippen molar-refractivity contribution in [2.45, 2.75) is 0 Å². The minimum atomic E-state index is -0.135. The second-order valence-corrected chi connectivity index (χ2v) is 3.15. The second kappa shape index (κ2) is 5.58. The summed E-state index contributed by atoms with van der Waals surface area (Å²) in [7, 11) is 1.45. The van der Waals surface area contributed by atoms with Crippen LogP contribution in [0.2, 0.25) is 5.02 Å². The molecule has 1 rings (SSSR count). The highest BCUT2D eigenvalue weighted by atomic mass is 35.5. The summed E-state index contributed by atoms with van der Waals surface area (Å²) in [6.07, 6.45) is 0.626. The van der Waals surface area contributed by atoms with Gasteiger partial charge < -0.3 is 14.6 Å². The molecule has 0 radical (unpaired) electrons. The average Bonchev–Trinajstić information content (AvgIpc) is 2.26. The van der Waals surface area contributed by atoms with E-state index in [4.69, 9.17) is 26.2 Å². The molecule has 82 valence electrons. The largest absolute Gasteiger partial charge is 0.493 e. The third kappa shape index (κ3) is 2.84. The lowest BCUT2D eigenvalue weighted by Crippen LogP contribution is -2.05. The van der Waals surface area contributed by atoms with Gasteiger partial charge in [0.25, 0.3) is 0 Å². The zero-order chi connectivity index (χ0) is 11.3. The Hall–Kier alpha value is -1.26. The molecule has 4 nitrogen and oxygen atoms in total. The number of aliphatic hydroxyl groups is 1. The van der Waals surface area contributed by atoms with Gasteiger partial charge in [-0.3, -0.25) is 4.79 Å². The first-order valence-corrected chi connectivity index (χ1v) is 4.67. The molecule has 0 unspecified atom stereocenters. The van der Waals surface area contributed by atoms with Crippen LogP contribution >= 0.6 is 11.6 Å². The van der Waals surface area contributed by atoms with Crippen LogP contribution in [0, 0.1) is 0 Å². The van der Waals surface area contributed by atoms with Crippen molar-refractivity contribution in [2.75, 3.05) is 20.3 Å². The molecule has 1 aromatic carbocycles. The molecule has 5 heteroatoms. The van der Waals surface area contributed by atoms with E-state index in [2.05, 4.69) is 0 Å². The maximum Gasteiger partial charge on any atom is 0.171 e. The fourth-order valence-electron chi connectivity index (χ4n) is 1.13. The van der Waals surface area contributed by atoms with Gasteiger partial charge in [-0.1, -0.05) is 11.6 Å². The van der Waals surface area contributed by atoms with Crippen molar-refractivity contribution >= 4 is 17.9 Å². The fourth-order valence-corrected chi connectivity index (χ4v) is 1.35. The van der Waals surface area contributed by atoms with Gasteiger partial charge >= 0.3 is 0 Å². The number of rotatable bonds is 5. The molecule has 0 amide bonds. The number of hydrogen-bond acceptors (Lipinski definition) is 4. The molecular formula is C10H11ClO4. The summed E-state index contributed by atoms with van der Waals surface area (Å²) in [6, 6.07) is 3.02. The van der Waals surface area contributed by atoms with Crippen LogP contribution in [0.15, 0.2) is 12.1 Å². The summed E-state index contributed by atoms with van der Waals surface area (Å²) >= 11 is 5.77. The van der Waals surface area contributed by atoms with Gasteiger partial charge in [0.15, 0.2) is 17.8 Å². The summed E-state index contributed by atoms with van der Waals surface area (Å²) in [6.45, 7) is -0.0388. The Labute approximate surface area is 92.4 Å². The van der Waals surface area contributed by atoms with E-state index in [1.165, 1.54) is 13.2 Å². The lowest BCUT2D eigenvalue weighted by molar-refractivity contribution is 0.111. The van der Waals surface area contributed by atoms with E-state index in [0.717, 1.165) is 0 Å². The first-order valence-electron chi connectivity index (χ1n) is 4.29. The number of methoxy groups -OCH3 is 1. The Morgan fingerprint density at radius 3 is 2.80 bits per heavy atom. The number of ether oxygens (including phenoxy) is 2. The topological polar surface area (TPSA) is 55.8 Å². The average molecular weight is 231 g/mol. The maximum atomic E-state index is 10.8. The molecule has 0 fully saturated rings. The number of carbonyl (C=O) groups is 1. The Bertz CT molecular complexity index is 352. The molecule has 0 aliphatic carbocycles. The standard InChI is InChI=1S/C10H11ClO4/c1-14-9-5-8(11)4-7(6-13)10(9)15-3-2-12/h4-6,12H,2-3H2,1H3. The highest BCUT2D eigenvalue weighted by Gasteiger charge is 2.11. The molecule has 0 heterocycles. The van der Waals surface area contributed by atoms with Crippen molar-refractivity contribution in [1.82, 2.24) is 0 Å². The molecule has 15 heavy (non-hydrogen) atoms. The van der Waals surface area contributed by atoms with Crippen LogP contribution in [0.3, 0.4) is 0 Å². The maximum absolute atomic E-state index is 10.8. The van der Waals surface area contributed by atoms with Crippen molar-refractivity contribution in [1.29, 1.82) is 0 Å². The Morgan fingerprint density at radius 1 is 1.53 bits per heavy atom. The molecule has 1 aromatic rings. The molecule has 0 saturated carbocycles. The predicted molar refractivity (Wildman–Crippen MR) is 56.0 cm³/mol. The second-order valence-electron chi connectivity index (χ2n) is 2.72. The van der Waals surface area contributed by atoms with E-state index in [9.17, 15) is 4.79 Å². The monoisotopic (exact) mass is 230 g/mol. The van der Waals surface area contributed by atoms with Crippen LogP contribution in [0.4, 0.5) is 0 Å². The van der Waals surface area contributed by atoms with Gasteiger partial charge in [0, 0.05) is 11.1 Å². The number of aldehydes is 1. The van der Waals surface area contributed by atoms with Crippen LogP contribution in [0.5, 0.6) is 11.5 Å². The van der Waals surface area contributed by atoms with Gasteiger partial charge in [-0.25, -0.2) is 0 Å². The summed E-state index contributed by atoms with van der Waals surface area (Å²) < 4.78 is 10.2. The van der Waals surface area contributed by atoms with Crippen LogP contribution < -0.4 is 9.47 Å². The van der Waals surface area contributed by atoms with Gasteiger partial charge in [-0.05, 0) is 6.07 Å². The third-order valence-electron chi connectivity index (χ3n) is 1.73. The smallest absolute Gasteiger partial charge is 0.171 e. The predicted octanol–water partition coefficient (Wildman–Crippen LogP) is 1.53. The Balaban J connectivity index is 3.12. The van der Waals surface area contributed by atoms with E-state index < -0.39 is 0 Å². The highest BCUT2D eigenvalue weighted by molar-refractivity contribution is 6.31. The van der Waals surface area contributed by atoms with Gasteiger partial charge in [0.05, 0.1) is 19.3 Å². The van der Waals surface area contributed by atoms with E-state index in [-0.39, 0.29) is 13.2 Å². The van der Waals surface area contributed by atoms with Crippen LogP contribution in [0.25, 0.3) is 0 Å². The number of halogens is 1. The molecule has 0 aromatic heterocycles. The first kappa shape index (κ1) is 11.8. The van der Waals surface area contributed by atoms with Crippen molar-refractivity contribution in [3.8, 4) is 11.5 Å². The van der Waals surface area contributed by atoms with Gasteiger partial charge in [0.1, 0.15) is 6.61 Å². The third-order valence-corrected chi connectivity index (χ3v) is 1.95. The molecule has 0 atom stereocenters. The van der Waals surface area contributed by atoms with Crippen molar-refractivity contribution < 1.29 is 19.4 Å². The molecule has 0 saturated heterocycles. The molecular weight excluding hydrogens is 220 g/mol. The molecule has 0 spiro atoms. The van der Waals surface area contributed by atoms with Crippen LogP contribution in [-0.2, 0) is 0 Å². The van der Waals surface area contributed by atoms with E-state index in [1.54, 1.807) is 6.07 Å². The van der Waals surface area contributed by atoms with Crippen molar-refractivity contribution in [2.24, 2.45) is 0 Å². The lowest BCUT2D eigenvalue weighted by Gasteiger charge is -2.12. The zero-order valence-corrected chi connectivity index (χ0v) is 8.95. The summed E-state index contributed by atoms with van der Waals surface area (Å²) in [5.74, 6) is 0.670. The Morgan fingerprint density at radius 2 is 2.27 bits per heavy atom. The summed E-state index contributed by atoms with van der Waals surface area (Å²) in [5, 5.41) is 9.02. The number of aliphatic hydroxyl groups excluding tert-OH is 1. The summed E-state index contributed by atoms with van der Waals surface area (Å²) in [4.78, 5) is 10.8. The fraction of sp³-hybridized carbons (Fsp3) is 0.300. The van der Waals surface area contributed by atoms with Gasteiger partial charge in [0.2, 0.25) is 0 Å². The van der Waals surface area contributed by atoms with E-state index in [1.807, 2.05) is 0 Å². The van der Waals surface area contributed by atoms with E-state index >= 15 is 0 Å². The highest BCUT2D eigenvalue weighted by Crippen LogP contribution is 2.33. The van der Waals surface area contributed by atoms with Crippen LogP contribution in [-0.4, -0.2) is 31.7 Å². The van der Waals surface area contributed by atoms with Gasteiger partial charge in [-0.2, -0.15) is 0 Å². The van der Waals surface area contributed by atoms with Crippen molar-refractivity contribution in [3.05, 3.63) is 22.7 Å². The van der Waals surface area contributed by atoms with Crippen LogP contribution in [0.1, 0.15) is 10.4 Å². The summed E-state index contributed by atoms with van der Waals surface area (Å²) in [5.41, 5.74) is 0.299. The Kier molecular flexibility index (Phi) is 4.39. The number of hydrogen-bond donors (Lipinski definition) is 1. The first-order chi connectivity index (χ1) is 7.22.